The van der Waals surface area contributed by atoms with E-state index < -0.39 is 5.60 Å². The van der Waals surface area contributed by atoms with E-state index in [9.17, 15) is 4.79 Å². The number of hydrogen-bond acceptors (Lipinski definition) is 4. The van der Waals surface area contributed by atoms with Crippen LogP contribution in [0.25, 0.3) is 0 Å². The molecule has 0 aromatic carbocycles. The first-order chi connectivity index (χ1) is 7.90. The van der Waals surface area contributed by atoms with Crippen LogP contribution in [-0.4, -0.2) is 55.0 Å². The first kappa shape index (κ1) is 12.6. The van der Waals surface area contributed by atoms with Crippen molar-refractivity contribution >= 4 is 6.09 Å². The Balaban J connectivity index is 1.83. The molecule has 0 saturated carbocycles. The van der Waals surface area contributed by atoms with E-state index in [1.807, 2.05) is 20.8 Å². The van der Waals surface area contributed by atoms with Crippen LogP contribution in [0.2, 0.25) is 0 Å². The zero-order chi connectivity index (χ0) is 12.5. The molecule has 17 heavy (non-hydrogen) atoms. The maximum Gasteiger partial charge on any atom is 0.410 e. The number of nitrogens with zero attached hydrogens (tertiary/aromatic N) is 1. The first-order valence-electron chi connectivity index (χ1n) is 6.21. The van der Waals surface area contributed by atoms with E-state index in [2.05, 4.69) is 5.32 Å². The Morgan fingerprint density at radius 2 is 2.06 bits per heavy atom. The summed E-state index contributed by atoms with van der Waals surface area (Å²) in [6, 6.07) is 0. The number of amides is 1. The second kappa shape index (κ2) is 4.46. The number of nitrogens with one attached hydrogen (secondary N) is 1. The number of carbonyl (C=O) groups is 1. The van der Waals surface area contributed by atoms with Gasteiger partial charge >= 0.3 is 6.09 Å². The van der Waals surface area contributed by atoms with Gasteiger partial charge in [-0.15, -0.1) is 0 Å². The molecule has 0 atom stereocenters. The Morgan fingerprint density at radius 3 is 2.71 bits per heavy atom. The molecular weight excluding hydrogens is 220 g/mol. The van der Waals surface area contributed by atoms with Gasteiger partial charge in [-0.3, -0.25) is 0 Å². The molecule has 98 valence electrons. The fourth-order valence-corrected chi connectivity index (χ4v) is 2.26. The summed E-state index contributed by atoms with van der Waals surface area (Å²) in [7, 11) is 0. The lowest BCUT2D eigenvalue weighted by atomic mass is 9.87. The molecule has 1 spiro atoms. The van der Waals surface area contributed by atoms with Crippen molar-refractivity contribution in [2.24, 2.45) is 0 Å². The van der Waals surface area contributed by atoms with E-state index in [0.29, 0.717) is 0 Å². The number of rotatable bonds is 0. The summed E-state index contributed by atoms with van der Waals surface area (Å²) in [4.78, 5) is 13.6. The summed E-state index contributed by atoms with van der Waals surface area (Å²) in [6.07, 6.45) is 0.752. The Hall–Kier alpha value is -0.810. The molecule has 2 heterocycles. The molecule has 2 rings (SSSR count). The van der Waals surface area contributed by atoms with Crippen LogP contribution in [0.3, 0.4) is 0 Å². The zero-order valence-electron chi connectivity index (χ0n) is 10.9. The van der Waals surface area contributed by atoms with Crippen LogP contribution in [0.15, 0.2) is 0 Å². The van der Waals surface area contributed by atoms with Crippen molar-refractivity contribution in [3.05, 3.63) is 0 Å². The highest BCUT2D eigenvalue weighted by Gasteiger charge is 2.46. The standard InChI is InChI=1S/C12H22N2O3/c1-11(2,3)17-10(15)14-8-12(9-14)4-6-16-7-5-13-12/h13H,4-9H2,1-3H3. The second-order valence-electron chi connectivity index (χ2n) is 5.91. The third kappa shape index (κ3) is 3.10. The van der Waals surface area contributed by atoms with Crippen molar-refractivity contribution in [3.8, 4) is 0 Å². The summed E-state index contributed by atoms with van der Waals surface area (Å²) in [6.45, 7) is 9.51. The summed E-state index contributed by atoms with van der Waals surface area (Å²) in [5.74, 6) is 0. The Morgan fingerprint density at radius 1 is 1.35 bits per heavy atom. The molecule has 0 aromatic heterocycles. The van der Waals surface area contributed by atoms with Gasteiger partial charge in [-0.1, -0.05) is 0 Å². The number of ether oxygens (including phenoxy) is 2. The highest BCUT2D eigenvalue weighted by Crippen LogP contribution is 2.27. The van der Waals surface area contributed by atoms with Gasteiger partial charge in [0.05, 0.1) is 12.1 Å². The number of hydrogen-bond donors (Lipinski definition) is 1. The van der Waals surface area contributed by atoms with Crippen molar-refractivity contribution in [2.45, 2.75) is 38.3 Å². The minimum atomic E-state index is -0.417. The molecular formula is C12H22N2O3. The van der Waals surface area contributed by atoms with E-state index in [1.165, 1.54) is 0 Å². The maximum atomic E-state index is 11.8. The molecule has 5 nitrogen and oxygen atoms in total. The number of likely N-dealkylation sites (tertiary alicyclic amines) is 1. The molecule has 0 aliphatic carbocycles. The monoisotopic (exact) mass is 242 g/mol. The van der Waals surface area contributed by atoms with E-state index in [-0.39, 0.29) is 11.6 Å². The molecule has 2 aliphatic rings. The predicted molar refractivity (Wildman–Crippen MR) is 64.0 cm³/mol. The minimum Gasteiger partial charge on any atom is -0.444 e. The average molecular weight is 242 g/mol. The quantitative estimate of drug-likeness (QED) is 0.688. The van der Waals surface area contributed by atoms with Crippen molar-refractivity contribution in [2.75, 3.05) is 32.8 Å². The van der Waals surface area contributed by atoms with E-state index in [1.54, 1.807) is 4.90 Å². The average Bonchev–Trinajstić information content (AvgIpc) is 2.36. The van der Waals surface area contributed by atoms with Crippen LogP contribution in [-0.2, 0) is 9.47 Å². The van der Waals surface area contributed by atoms with Crippen molar-refractivity contribution in [1.29, 1.82) is 0 Å². The normalized spacial score (nSPS) is 24.1. The van der Waals surface area contributed by atoms with E-state index >= 15 is 0 Å². The van der Waals surface area contributed by atoms with Crippen molar-refractivity contribution in [3.63, 3.8) is 0 Å². The van der Waals surface area contributed by atoms with Gasteiger partial charge in [0, 0.05) is 26.2 Å². The molecule has 0 radical (unpaired) electrons. The van der Waals surface area contributed by atoms with Gasteiger partial charge in [0.1, 0.15) is 5.60 Å². The molecule has 0 unspecified atom stereocenters. The van der Waals surface area contributed by atoms with Gasteiger partial charge in [-0.2, -0.15) is 0 Å². The van der Waals surface area contributed by atoms with Crippen LogP contribution in [0.1, 0.15) is 27.2 Å². The lowest BCUT2D eigenvalue weighted by molar-refractivity contribution is -0.0184. The van der Waals surface area contributed by atoms with Gasteiger partial charge in [-0.05, 0) is 27.2 Å². The van der Waals surface area contributed by atoms with Crippen LogP contribution >= 0.6 is 0 Å². The van der Waals surface area contributed by atoms with Crippen LogP contribution in [0.5, 0.6) is 0 Å². The SMILES string of the molecule is CC(C)(C)OC(=O)N1CC2(CCOCCN2)C1. The van der Waals surface area contributed by atoms with Gasteiger partial charge in [0.25, 0.3) is 0 Å². The summed E-state index contributed by atoms with van der Waals surface area (Å²) in [5.41, 5.74) is -0.354. The molecule has 0 bridgehead atoms. The Bertz CT molecular complexity index is 283. The minimum absolute atomic E-state index is 0.0629. The largest absolute Gasteiger partial charge is 0.444 e. The van der Waals surface area contributed by atoms with Crippen molar-refractivity contribution in [1.82, 2.24) is 10.2 Å². The summed E-state index contributed by atoms with van der Waals surface area (Å²) in [5, 5.41) is 3.47. The predicted octanol–water partition coefficient (Wildman–Crippen LogP) is 0.986. The van der Waals surface area contributed by atoms with E-state index in [4.69, 9.17) is 9.47 Å². The number of carbonyl (C=O) groups excluding carboxylic acids is 1. The highest BCUT2D eigenvalue weighted by molar-refractivity contribution is 5.69. The molecule has 2 aliphatic heterocycles. The van der Waals surface area contributed by atoms with Crippen LogP contribution in [0, 0.1) is 0 Å². The highest BCUT2D eigenvalue weighted by atomic mass is 16.6. The van der Waals surface area contributed by atoms with Crippen LogP contribution < -0.4 is 5.32 Å². The van der Waals surface area contributed by atoms with Gasteiger partial charge < -0.3 is 19.7 Å². The topological polar surface area (TPSA) is 50.8 Å². The van der Waals surface area contributed by atoms with Crippen molar-refractivity contribution < 1.29 is 14.3 Å². The van der Waals surface area contributed by atoms with Gasteiger partial charge in [0.15, 0.2) is 0 Å². The molecule has 2 fully saturated rings. The molecule has 1 N–H and O–H groups in total. The van der Waals surface area contributed by atoms with Crippen LogP contribution in [0.4, 0.5) is 4.79 Å². The lowest BCUT2D eigenvalue weighted by Gasteiger charge is -2.49. The molecule has 5 heteroatoms. The Labute approximate surface area is 102 Å². The third-order valence-electron chi connectivity index (χ3n) is 3.11. The summed E-state index contributed by atoms with van der Waals surface area (Å²) >= 11 is 0. The molecule has 1 amide bonds. The summed E-state index contributed by atoms with van der Waals surface area (Å²) < 4.78 is 10.7. The van der Waals surface area contributed by atoms with E-state index in [0.717, 1.165) is 39.3 Å². The van der Waals surface area contributed by atoms with Gasteiger partial charge in [0.2, 0.25) is 0 Å². The third-order valence-corrected chi connectivity index (χ3v) is 3.11. The molecule has 2 saturated heterocycles. The fourth-order valence-electron chi connectivity index (χ4n) is 2.26. The first-order valence-corrected chi connectivity index (χ1v) is 6.21. The zero-order valence-corrected chi connectivity index (χ0v) is 10.9. The maximum absolute atomic E-state index is 11.8. The molecule has 0 aromatic rings. The Kier molecular flexibility index (Phi) is 3.32. The smallest absolute Gasteiger partial charge is 0.410 e. The lowest BCUT2D eigenvalue weighted by Crippen LogP contribution is -2.70. The fraction of sp³-hybridized carbons (Fsp3) is 0.917. The second-order valence-corrected chi connectivity index (χ2v) is 5.91. The van der Waals surface area contributed by atoms with Gasteiger partial charge in [-0.25, -0.2) is 4.79 Å².